The Labute approximate surface area is 148 Å². The Balaban J connectivity index is 1.90. The van der Waals surface area contributed by atoms with E-state index in [4.69, 9.17) is 14.2 Å². The molecule has 0 aliphatic rings. The van der Waals surface area contributed by atoms with Gasteiger partial charge in [-0.3, -0.25) is 4.79 Å². The Morgan fingerprint density at radius 2 is 1.88 bits per heavy atom. The van der Waals surface area contributed by atoms with Gasteiger partial charge in [0.05, 0.1) is 13.7 Å². The van der Waals surface area contributed by atoms with Crippen LogP contribution in [0.25, 0.3) is 0 Å². The standard InChI is InChI=1S/C20H25NO4/c1-4-12-24-18-11-10-16(13-19(18)23-3)14-21-20(22)15(2)25-17-8-6-5-7-9-17/h5-11,13,15H,4,12,14H2,1-3H3,(H,21,22). The largest absolute Gasteiger partial charge is 0.493 e. The zero-order valence-corrected chi connectivity index (χ0v) is 15.0. The first-order chi connectivity index (χ1) is 12.1. The zero-order valence-electron chi connectivity index (χ0n) is 15.0. The van der Waals surface area contributed by atoms with Gasteiger partial charge in [-0.2, -0.15) is 0 Å². The molecule has 1 unspecified atom stereocenters. The fourth-order valence-corrected chi connectivity index (χ4v) is 2.24. The molecule has 25 heavy (non-hydrogen) atoms. The summed E-state index contributed by atoms with van der Waals surface area (Å²) in [6.07, 6.45) is 0.358. The number of hydrogen-bond donors (Lipinski definition) is 1. The molecule has 2 rings (SSSR count). The highest BCUT2D eigenvalue weighted by Crippen LogP contribution is 2.28. The molecule has 0 aromatic heterocycles. The highest BCUT2D eigenvalue weighted by atomic mass is 16.5. The number of amides is 1. The van der Waals surface area contributed by atoms with Gasteiger partial charge in [0.15, 0.2) is 17.6 Å². The fraction of sp³-hybridized carbons (Fsp3) is 0.350. The van der Waals surface area contributed by atoms with Gasteiger partial charge in [0.1, 0.15) is 5.75 Å². The molecular formula is C20H25NO4. The van der Waals surface area contributed by atoms with Crippen molar-refractivity contribution in [1.82, 2.24) is 5.32 Å². The van der Waals surface area contributed by atoms with Crippen LogP contribution in [0.2, 0.25) is 0 Å². The van der Waals surface area contributed by atoms with Crippen molar-refractivity contribution >= 4 is 5.91 Å². The molecule has 5 heteroatoms. The second kappa shape index (κ2) is 9.57. The summed E-state index contributed by atoms with van der Waals surface area (Å²) in [4.78, 5) is 12.2. The fourth-order valence-electron chi connectivity index (χ4n) is 2.24. The predicted octanol–water partition coefficient (Wildman–Crippen LogP) is 3.57. The Hall–Kier alpha value is -2.69. The van der Waals surface area contributed by atoms with Gasteiger partial charge in [-0.1, -0.05) is 31.2 Å². The molecule has 0 saturated heterocycles. The SMILES string of the molecule is CCCOc1ccc(CNC(=O)C(C)Oc2ccccc2)cc1OC. The Morgan fingerprint density at radius 3 is 2.56 bits per heavy atom. The van der Waals surface area contributed by atoms with Crippen LogP contribution < -0.4 is 19.5 Å². The summed E-state index contributed by atoms with van der Waals surface area (Å²) in [7, 11) is 1.60. The van der Waals surface area contributed by atoms with Crippen molar-refractivity contribution in [3.05, 3.63) is 54.1 Å². The third-order valence-electron chi connectivity index (χ3n) is 3.58. The molecule has 0 heterocycles. The van der Waals surface area contributed by atoms with E-state index in [0.717, 1.165) is 12.0 Å². The number of carbonyl (C=O) groups excluding carboxylic acids is 1. The van der Waals surface area contributed by atoms with Crippen molar-refractivity contribution in [3.8, 4) is 17.2 Å². The van der Waals surface area contributed by atoms with Crippen LogP contribution >= 0.6 is 0 Å². The molecule has 1 amide bonds. The van der Waals surface area contributed by atoms with E-state index in [-0.39, 0.29) is 5.91 Å². The molecule has 0 radical (unpaired) electrons. The number of benzene rings is 2. The first kappa shape index (κ1) is 18.6. The summed E-state index contributed by atoms with van der Waals surface area (Å²) >= 11 is 0. The molecule has 0 fully saturated rings. The van der Waals surface area contributed by atoms with E-state index in [9.17, 15) is 4.79 Å². The average Bonchev–Trinajstić information content (AvgIpc) is 2.65. The molecule has 0 saturated carbocycles. The monoisotopic (exact) mass is 343 g/mol. The minimum atomic E-state index is -0.573. The topological polar surface area (TPSA) is 56.8 Å². The van der Waals surface area contributed by atoms with Gasteiger partial charge in [-0.05, 0) is 43.2 Å². The Morgan fingerprint density at radius 1 is 1.12 bits per heavy atom. The maximum atomic E-state index is 12.2. The number of methoxy groups -OCH3 is 1. The zero-order chi connectivity index (χ0) is 18.1. The van der Waals surface area contributed by atoms with E-state index in [1.54, 1.807) is 14.0 Å². The van der Waals surface area contributed by atoms with E-state index in [1.165, 1.54) is 0 Å². The molecule has 0 aliphatic heterocycles. The van der Waals surface area contributed by atoms with Crippen LogP contribution in [-0.2, 0) is 11.3 Å². The van der Waals surface area contributed by atoms with Gasteiger partial charge in [0.25, 0.3) is 5.91 Å². The van der Waals surface area contributed by atoms with Crippen LogP contribution in [0.3, 0.4) is 0 Å². The maximum absolute atomic E-state index is 12.2. The summed E-state index contributed by atoms with van der Waals surface area (Å²) in [5.41, 5.74) is 0.931. The number of para-hydroxylation sites is 1. The van der Waals surface area contributed by atoms with Gasteiger partial charge in [-0.25, -0.2) is 0 Å². The van der Waals surface area contributed by atoms with Crippen molar-refractivity contribution in [3.63, 3.8) is 0 Å². The highest BCUT2D eigenvalue weighted by Gasteiger charge is 2.14. The first-order valence-corrected chi connectivity index (χ1v) is 8.43. The molecule has 0 bridgehead atoms. The van der Waals surface area contributed by atoms with Crippen LogP contribution in [-0.4, -0.2) is 25.7 Å². The smallest absolute Gasteiger partial charge is 0.261 e. The predicted molar refractivity (Wildman–Crippen MR) is 97.2 cm³/mol. The molecule has 1 atom stereocenters. The summed E-state index contributed by atoms with van der Waals surface area (Å²) in [5, 5.41) is 2.87. The lowest BCUT2D eigenvalue weighted by Gasteiger charge is -2.15. The van der Waals surface area contributed by atoms with Gasteiger partial charge in [0, 0.05) is 6.54 Å². The van der Waals surface area contributed by atoms with Crippen molar-refractivity contribution in [2.75, 3.05) is 13.7 Å². The second-order valence-electron chi connectivity index (χ2n) is 5.62. The van der Waals surface area contributed by atoms with Crippen LogP contribution in [0, 0.1) is 0 Å². The molecule has 134 valence electrons. The second-order valence-corrected chi connectivity index (χ2v) is 5.62. The van der Waals surface area contributed by atoms with E-state index in [2.05, 4.69) is 12.2 Å². The summed E-state index contributed by atoms with van der Waals surface area (Å²) in [6.45, 7) is 4.81. The molecule has 0 aliphatic carbocycles. The molecule has 1 N–H and O–H groups in total. The number of carbonyl (C=O) groups is 1. The minimum Gasteiger partial charge on any atom is -0.493 e. The van der Waals surface area contributed by atoms with E-state index in [1.807, 2.05) is 48.5 Å². The van der Waals surface area contributed by atoms with Gasteiger partial charge in [-0.15, -0.1) is 0 Å². The van der Waals surface area contributed by atoms with Gasteiger partial charge >= 0.3 is 0 Å². The lowest BCUT2D eigenvalue weighted by Crippen LogP contribution is -2.35. The van der Waals surface area contributed by atoms with Crippen molar-refractivity contribution in [2.45, 2.75) is 32.9 Å². The number of ether oxygens (including phenoxy) is 3. The summed E-state index contributed by atoms with van der Waals surface area (Å²) < 4.78 is 16.6. The number of hydrogen-bond acceptors (Lipinski definition) is 4. The van der Waals surface area contributed by atoms with E-state index >= 15 is 0 Å². The van der Waals surface area contributed by atoms with Crippen molar-refractivity contribution < 1.29 is 19.0 Å². The molecule has 2 aromatic carbocycles. The third-order valence-corrected chi connectivity index (χ3v) is 3.58. The Kier molecular flexibility index (Phi) is 7.14. The van der Waals surface area contributed by atoms with Gasteiger partial charge in [0.2, 0.25) is 0 Å². The van der Waals surface area contributed by atoms with Gasteiger partial charge < -0.3 is 19.5 Å². The van der Waals surface area contributed by atoms with Crippen LogP contribution in [0.1, 0.15) is 25.8 Å². The molecule has 5 nitrogen and oxygen atoms in total. The molecule has 0 spiro atoms. The van der Waals surface area contributed by atoms with Crippen molar-refractivity contribution in [1.29, 1.82) is 0 Å². The molecule has 2 aromatic rings. The van der Waals surface area contributed by atoms with E-state index < -0.39 is 6.10 Å². The van der Waals surface area contributed by atoms with Crippen LogP contribution in [0.5, 0.6) is 17.2 Å². The third kappa shape index (κ3) is 5.71. The van der Waals surface area contributed by atoms with Crippen molar-refractivity contribution in [2.24, 2.45) is 0 Å². The first-order valence-electron chi connectivity index (χ1n) is 8.43. The minimum absolute atomic E-state index is 0.172. The highest BCUT2D eigenvalue weighted by molar-refractivity contribution is 5.80. The molecular weight excluding hydrogens is 318 g/mol. The maximum Gasteiger partial charge on any atom is 0.261 e. The lowest BCUT2D eigenvalue weighted by atomic mass is 10.2. The number of rotatable bonds is 9. The summed E-state index contributed by atoms with van der Waals surface area (Å²) in [6, 6.07) is 14.9. The average molecular weight is 343 g/mol. The lowest BCUT2D eigenvalue weighted by molar-refractivity contribution is -0.127. The quantitative estimate of drug-likeness (QED) is 0.756. The number of nitrogens with one attached hydrogen (secondary N) is 1. The normalized spacial score (nSPS) is 11.5. The Bertz CT molecular complexity index is 673. The van der Waals surface area contributed by atoms with E-state index in [0.29, 0.717) is 30.4 Å². The summed E-state index contributed by atoms with van der Waals surface area (Å²) in [5.74, 6) is 1.87. The van der Waals surface area contributed by atoms with Crippen LogP contribution in [0.15, 0.2) is 48.5 Å². The van der Waals surface area contributed by atoms with Crippen LogP contribution in [0.4, 0.5) is 0 Å².